The molecule has 0 heterocycles. The average Bonchev–Trinajstić information content (AvgIpc) is 2.70. The molecule has 0 atom stereocenters. The molecule has 0 radical (unpaired) electrons. The Balaban J connectivity index is 2.43. The van der Waals surface area contributed by atoms with E-state index in [-0.39, 0.29) is 5.52 Å². The van der Waals surface area contributed by atoms with Crippen molar-refractivity contribution < 1.29 is 14.4 Å². The Morgan fingerprint density at radius 1 is 0.571 bits per heavy atom. The van der Waals surface area contributed by atoms with E-state index >= 15 is 0 Å². The molecule has 4 heteroatoms. The van der Waals surface area contributed by atoms with Crippen molar-refractivity contribution in [2.45, 2.75) is 13.8 Å². The van der Waals surface area contributed by atoms with Gasteiger partial charge in [0.2, 0.25) is 0 Å². The molecular weight excluding hydrogens is 367 g/mol. The van der Waals surface area contributed by atoms with Gasteiger partial charge in [0.15, 0.2) is 24.7 Å². The van der Waals surface area contributed by atoms with Crippen molar-refractivity contribution in [2.75, 3.05) is 0 Å². The van der Waals surface area contributed by atoms with Gasteiger partial charge in [-0.2, -0.15) is 0 Å². The van der Waals surface area contributed by atoms with Gasteiger partial charge in [-0.05, 0) is 50.2 Å². The smallest absolute Gasteiger partial charge is 0.299 e. The first-order chi connectivity index (χ1) is 13.5. The van der Waals surface area contributed by atoms with Crippen LogP contribution in [0.3, 0.4) is 0 Å². The first-order valence-corrected chi connectivity index (χ1v) is 10.9. The quantitative estimate of drug-likeness (QED) is 0.460. The van der Waals surface area contributed by atoms with E-state index in [4.69, 9.17) is 0 Å². The summed E-state index contributed by atoms with van der Waals surface area (Å²) >= 11 is 0. The molecule has 0 fully saturated rings. The molecule has 0 spiro atoms. The predicted molar refractivity (Wildman–Crippen MR) is 115 cm³/mol. The van der Waals surface area contributed by atoms with Gasteiger partial charge in [0.05, 0.1) is 0 Å². The van der Waals surface area contributed by atoms with Crippen molar-refractivity contribution in [3.05, 3.63) is 91.0 Å². The lowest BCUT2D eigenvalue weighted by Crippen LogP contribution is -2.42. The van der Waals surface area contributed by atoms with Crippen LogP contribution in [0.15, 0.2) is 91.0 Å². The van der Waals surface area contributed by atoms with Crippen molar-refractivity contribution in [2.24, 2.45) is 5.92 Å². The summed E-state index contributed by atoms with van der Waals surface area (Å²) in [5.41, 5.74) is -0.309. The summed E-state index contributed by atoms with van der Waals surface area (Å²) in [6, 6.07) is 28.5. The minimum atomic E-state index is -2.89. The van der Waals surface area contributed by atoms with Crippen molar-refractivity contribution in [1.82, 2.24) is 0 Å². The second-order valence-electron chi connectivity index (χ2n) is 6.67. The van der Waals surface area contributed by atoms with Crippen molar-refractivity contribution in [3.63, 3.8) is 0 Å². The lowest BCUT2D eigenvalue weighted by Gasteiger charge is -2.27. The molecule has 0 bridgehead atoms. The molecule has 0 unspecified atom stereocenters. The van der Waals surface area contributed by atoms with Gasteiger partial charge in [-0.15, -0.1) is 0 Å². The number of rotatable bonds is 7. The molecule has 3 aromatic rings. The third kappa shape index (κ3) is 3.46. The number of benzene rings is 3. The molecule has 0 aliphatic heterocycles. The molecule has 0 aromatic heterocycles. The van der Waals surface area contributed by atoms with Crippen molar-refractivity contribution in [1.29, 1.82) is 0 Å². The highest BCUT2D eigenvalue weighted by Gasteiger charge is 2.57. The summed E-state index contributed by atoms with van der Waals surface area (Å²) in [6.45, 7) is 2.64. The normalized spacial score (nSPS) is 11.2. The topological polar surface area (TPSA) is 51.2 Å². The maximum Gasteiger partial charge on any atom is 0.301 e. The highest BCUT2D eigenvalue weighted by Crippen LogP contribution is 2.58. The maximum absolute atomic E-state index is 14.1. The third-order valence-corrected chi connectivity index (χ3v) is 8.96. The second kappa shape index (κ2) is 8.41. The summed E-state index contributed by atoms with van der Waals surface area (Å²) in [5, 5.41) is 2.51. The molecule has 0 saturated heterocycles. The Morgan fingerprint density at radius 2 is 0.857 bits per heavy atom. The zero-order valence-electron chi connectivity index (χ0n) is 15.9. The number of hydrogen-bond acceptors (Lipinski definition) is 3. The molecule has 3 nitrogen and oxygen atoms in total. The summed E-state index contributed by atoms with van der Waals surface area (Å²) in [7, 11) is -2.89. The highest BCUT2D eigenvalue weighted by molar-refractivity contribution is 8.08. The molecule has 0 aliphatic rings. The second-order valence-corrected chi connectivity index (χ2v) is 10.0. The standard InChI is InChI=1S/C24H22O3P/c1-18(25)23(19(2)26)24(27)28(20-12-6-3-7-13-20,21-14-8-4-9-15-21)22-16-10-5-11-17-22/h3-17,23H,1-2H3/q+1. The highest BCUT2D eigenvalue weighted by atomic mass is 31.2. The van der Waals surface area contributed by atoms with Gasteiger partial charge in [0.25, 0.3) is 0 Å². The molecule has 0 saturated carbocycles. The van der Waals surface area contributed by atoms with Crippen molar-refractivity contribution in [3.8, 4) is 0 Å². The SMILES string of the molecule is CC(=O)C(C(C)=O)C(=O)[P+](c1ccccc1)(c1ccccc1)c1ccccc1. The lowest BCUT2D eigenvalue weighted by molar-refractivity contribution is -0.135. The Morgan fingerprint density at radius 3 is 1.11 bits per heavy atom. The van der Waals surface area contributed by atoms with E-state index in [2.05, 4.69) is 0 Å². The monoisotopic (exact) mass is 389 g/mol. The fraction of sp³-hybridized carbons (Fsp3) is 0.125. The van der Waals surface area contributed by atoms with E-state index in [1.807, 2.05) is 91.0 Å². The molecule has 3 rings (SSSR count). The van der Waals surface area contributed by atoms with Crippen LogP contribution in [0.25, 0.3) is 0 Å². The summed E-state index contributed by atoms with van der Waals surface area (Å²) < 4.78 is 0. The number of Topliss-reactive ketones (excluding diaryl/α,β-unsaturated/α-hetero) is 2. The van der Waals surface area contributed by atoms with E-state index in [0.29, 0.717) is 0 Å². The fourth-order valence-electron chi connectivity index (χ4n) is 3.61. The number of ketones is 2. The van der Waals surface area contributed by atoms with Crippen LogP contribution in [0.2, 0.25) is 0 Å². The molecule has 0 amide bonds. The van der Waals surface area contributed by atoms with Crippen LogP contribution in [-0.2, 0) is 14.4 Å². The molecule has 3 aromatic carbocycles. The Hall–Kier alpha value is -2.90. The van der Waals surface area contributed by atoms with Crippen LogP contribution < -0.4 is 15.9 Å². The van der Waals surface area contributed by atoms with E-state index in [9.17, 15) is 14.4 Å². The maximum atomic E-state index is 14.1. The predicted octanol–water partition coefficient (Wildman–Crippen LogP) is 3.30. The summed E-state index contributed by atoms with van der Waals surface area (Å²) in [5.74, 6) is -2.09. The Labute approximate surface area is 165 Å². The van der Waals surface area contributed by atoms with Crippen LogP contribution in [0.1, 0.15) is 13.8 Å². The van der Waals surface area contributed by atoms with E-state index in [1.54, 1.807) is 0 Å². The molecule has 0 N–H and O–H groups in total. The van der Waals surface area contributed by atoms with Gasteiger partial charge in [0.1, 0.15) is 15.9 Å². The Bertz CT molecular complexity index is 871. The summed E-state index contributed by atoms with van der Waals surface area (Å²) in [6.07, 6.45) is 0. The van der Waals surface area contributed by atoms with Gasteiger partial charge in [-0.3, -0.25) is 14.4 Å². The number of carbonyl (C=O) groups excluding carboxylic acids is 3. The van der Waals surface area contributed by atoms with Crippen LogP contribution in [0.4, 0.5) is 0 Å². The van der Waals surface area contributed by atoms with Gasteiger partial charge in [-0.1, -0.05) is 54.6 Å². The van der Waals surface area contributed by atoms with Crippen LogP contribution in [-0.4, -0.2) is 17.1 Å². The largest absolute Gasteiger partial charge is 0.301 e. The number of hydrogen-bond donors (Lipinski definition) is 0. The third-order valence-electron chi connectivity index (χ3n) is 4.82. The van der Waals surface area contributed by atoms with Crippen molar-refractivity contribution >= 4 is 40.3 Å². The number of carbonyl (C=O) groups is 3. The average molecular weight is 389 g/mol. The minimum Gasteiger partial charge on any atom is -0.299 e. The first-order valence-electron chi connectivity index (χ1n) is 9.10. The van der Waals surface area contributed by atoms with Gasteiger partial charge in [0, 0.05) is 0 Å². The molecule has 0 aliphatic carbocycles. The van der Waals surface area contributed by atoms with Gasteiger partial charge >= 0.3 is 5.52 Å². The van der Waals surface area contributed by atoms with E-state index in [0.717, 1.165) is 15.9 Å². The molecule has 140 valence electrons. The Kier molecular flexibility index (Phi) is 5.96. The summed E-state index contributed by atoms with van der Waals surface area (Å²) in [4.78, 5) is 38.7. The zero-order valence-corrected chi connectivity index (χ0v) is 16.8. The van der Waals surface area contributed by atoms with E-state index in [1.165, 1.54) is 13.8 Å². The van der Waals surface area contributed by atoms with Gasteiger partial charge < -0.3 is 0 Å². The minimum absolute atomic E-state index is 0.309. The fourth-order valence-corrected chi connectivity index (χ4v) is 7.88. The van der Waals surface area contributed by atoms with E-state index < -0.39 is 24.7 Å². The van der Waals surface area contributed by atoms with Crippen LogP contribution in [0, 0.1) is 5.92 Å². The van der Waals surface area contributed by atoms with Crippen LogP contribution >= 0.6 is 7.26 Å². The molecule has 28 heavy (non-hydrogen) atoms. The first kappa shape index (κ1) is 19.9. The zero-order chi connectivity index (χ0) is 20.1. The molecular formula is C24H22O3P+. The van der Waals surface area contributed by atoms with Gasteiger partial charge in [-0.25, -0.2) is 0 Å². The van der Waals surface area contributed by atoms with Crippen LogP contribution in [0.5, 0.6) is 0 Å². The lowest BCUT2D eigenvalue weighted by atomic mass is 10.0.